The van der Waals surface area contributed by atoms with Crippen LogP contribution in [-0.2, 0) is 24.4 Å². The van der Waals surface area contributed by atoms with Crippen LogP contribution in [0.3, 0.4) is 0 Å². The Kier molecular flexibility index (Phi) is 8.33. The lowest BCUT2D eigenvalue weighted by molar-refractivity contribution is -0.121. The van der Waals surface area contributed by atoms with Crippen molar-refractivity contribution in [3.05, 3.63) is 81.3 Å². The number of aromatic amines is 1. The van der Waals surface area contributed by atoms with Crippen molar-refractivity contribution in [2.75, 3.05) is 13.4 Å². The Morgan fingerprint density at radius 1 is 1.12 bits per heavy atom. The summed E-state index contributed by atoms with van der Waals surface area (Å²) in [5.74, 6) is 1.11. The number of amides is 1. The molecule has 2 N–H and O–H groups in total. The Hall–Kier alpha value is -3.26. The van der Waals surface area contributed by atoms with Gasteiger partial charge >= 0.3 is 0 Å². The number of hydrogen-bond donors (Lipinski definition) is 2. The van der Waals surface area contributed by atoms with Gasteiger partial charge in [-0.25, -0.2) is 4.98 Å². The van der Waals surface area contributed by atoms with Gasteiger partial charge in [-0.2, -0.15) is 0 Å². The van der Waals surface area contributed by atoms with Crippen LogP contribution in [0, 0.1) is 6.92 Å². The first kappa shape index (κ1) is 23.4. The molecule has 3 aromatic rings. The number of hydrogen-bond acceptors (Lipinski definition) is 6. The summed E-state index contributed by atoms with van der Waals surface area (Å²) in [7, 11) is 1.59. The molecular formula is C24H27N3O4S. The Morgan fingerprint density at radius 3 is 2.59 bits per heavy atom. The quantitative estimate of drug-likeness (QED) is 0.360. The van der Waals surface area contributed by atoms with Crippen molar-refractivity contribution in [2.45, 2.75) is 38.1 Å². The van der Waals surface area contributed by atoms with Crippen LogP contribution < -0.4 is 20.3 Å². The monoisotopic (exact) mass is 453 g/mol. The van der Waals surface area contributed by atoms with E-state index in [0.717, 1.165) is 11.1 Å². The maximum atomic E-state index is 12.3. The first-order chi connectivity index (χ1) is 15.5. The van der Waals surface area contributed by atoms with Crippen LogP contribution in [0.1, 0.15) is 28.8 Å². The minimum atomic E-state index is -0.189. The number of carbonyl (C=O) groups excluding carboxylic acids is 1. The summed E-state index contributed by atoms with van der Waals surface area (Å²) < 4.78 is 11.3. The number of rotatable bonds is 10. The molecule has 0 radical (unpaired) electrons. The molecule has 168 valence electrons. The topological polar surface area (TPSA) is 93.3 Å². The van der Waals surface area contributed by atoms with Crippen LogP contribution in [-0.4, -0.2) is 29.2 Å². The zero-order valence-electron chi connectivity index (χ0n) is 18.4. The number of benzene rings is 2. The number of thioether (sulfide) groups is 1. The molecule has 0 saturated heterocycles. The summed E-state index contributed by atoms with van der Waals surface area (Å²) in [5, 5.41) is 3.46. The van der Waals surface area contributed by atoms with Gasteiger partial charge in [-0.3, -0.25) is 9.59 Å². The summed E-state index contributed by atoms with van der Waals surface area (Å²) in [4.78, 5) is 31.6. The van der Waals surface area contributed by atoms with Gasteiger partial charge in [-0.05, 0) is 42.9 Å². The van der Waals surface area contributed by atoms with Gasteiger partial charge in [0.1, 0.15) is 6.61 Å². The maximum absolute atomic E-state index is 12.3. The summed E-state index contributed by atoms with van der Waals surface area (Å²) in [5.41, 5.74) is 2.97. The Balaban J connectivity index is 1.54. The molecule has 0 unspecified atom stereocenters. The van der Waals surface area contributed by atoms with Crippen LogP contribution >= 0.6 is 11.8 Å². The predicted octanol–water partition coefficient (Wildman–Crippen LogP) is 3.64. The number of carbonyl (C=O) groups is 1. The number of methoxy groups -OCH3 is 1. The number of H-pyrrole nitrogens is 1. The van der Waals surface area contributed by atoms with Crippen molar-refractivity contribution in [3.8, 4) is 11.5 Å². The molecule has 8 heteroatoms. The van der Waals surface area contributed by atoms with Gasteiger partial charge < -0.3 is 19.8 Å². The SMILES string of the molecule is COc1cc(CNC(=O)CCc2c(C)nc(SC)[nH]c2=O)ccc1OCc1ccccc1. The Bertz CT molecular complexity index is 1120. The molecular weight excluding hydrogens is 426 g/mol. The fraction of sp³-hybridized carbons (Fsp3) is 0.292. The van der Waals surface area contributed by atoms with E-state index in [1.807, 2.05) is 54.8 Å². The zero-order valence-corrected chi connectivity index (χ0v) is 19.3. The van der Waals surface area contributed by atoms with Gasteiger partial charge in [0, 0.05) is 24.2 Å². The van der Waals surface area contributed by atoms with Crippen molar-refractivity contribution in [2.24, 2.45) is 0 Å². The minimum Gasteiger partial charge on any atom is -0.493 e. The average Bonchev–Trinajstić information content (AvgIpc) is 2.81. The lowest BCUT2D eigenvalue weighted by Gasteiger charge is -2.13. The highest BCUT2D eigenvalue weighted by molar-refractivity contribution is 7.98. The molecule has 0 aliphatic carbocycles. The van der Waals surface area contributed by atoms with Gasteiger partial charge in [0.25, 0.3) is 5.56 Å². The smallest absolute Gasteiger partial charge is 0.254 e. The molecule has 0 saturated carbocycles. The number of ether oxygens (including phenoxy) is 2. The maximum Gasteiger partial charge on any atom is 0.254 e. The standard InChI is InChI=1S/C24H27N3O4S/c1-16-19(23(29)27-24(26-16)32-3)10-12-22(28)25-14-18-9-11-20(21(13-18)30-2)31-15-17-7-5-4-6-8-17/h4-9,11,13H,10,12,14-15H2,1-3H3,(H,25,28)(H,26,27,29). The molecule has 0 aliphatic heterocycles. The molecule has 1 aromatic heterocycles. The third-order valence-corrected chi connectivity index (χ3v) is 5.53. The molecule has 7 nitrogen and oxygen atoms in total. The number of aromatic nitrogens is 2. The van der Waals surface area contributed by atoms with Gasteiger partial charge in [-0.15, -0.1) is 0 Å². The summed E-state index contributed by atoms with van der Waals surface area (Å²) in [6, 6.07) is 15.5. The predicted molar refractivity (Wildman–Crippen MR) is 125 cm³/mol. The fourth-order valence-electron chi connectivity index (χ4n) is 3.18. The Labute approximate surface area is 191 Å². The molecule has 32 heavy (non-hydrogen) atoms. The number of nitrogens with zero attached hydrogens (tertiary/aromatic N) is 1. The lowest BCUT2D eigenvalue weighted by atomic mass is 10.1. The van der Waals surface area contributed by atoms with Crippen LogP contribution in [0.25, 0.3) is 0 Å². The van der Waals surface area contributed by atoms with Gasteiger partial charge in [0.2, 0.25) is 5.91 Å². The van der Waals surface area contributed by atoms with Crippen LogP contribution in [0.15, 0.2) is 58.5 Å². The fourth-order valence-corrected chi connectivity index (χ4v) is 3.60. The molecule has 0 fully saturated rings. The molecule has 0 bridgehead atoms. The van der Waals surface area contributed by atoms with E-state index in [2.05, 4.69) is 15.3 Å². The van der Waals surface area contributed by atoms with E-state index >= 15 is 0 Å². The molecule has 0 spiro atoms. The zero-order chi connectivity index (χ0) is 22.9. The largest absolute Gasteiger partial charge is 0.493 e. The second kappa shape index (κ2) is 11.4. The summed E-state index contributed by atoms with van der Waals surface area (Å²) in [6.45, 7) is 2.58. The minimum absolute atomic E-state index is 0.138. The van der Waals surface area contributed by atoms with E-state index in [1.165, 1.54) is 11.8 Å². The second-order valence-corrected chi connectivity index (χ2v) is 7.97. The van der Waals surface area contributed by atoms with E-state index in [1.54, 1.807) is 14.0 Å². The van der Waals surface area contributed by atoms with E-state index in [-0.39, 0.29) is 17.9 Å². The number of nitrogens with one attached hydrogen (secondary N) is 2. The van der Waals surface area contributed by atoms with Crippen LogP contribution in [0.5, 0.6) is 11.5 Å². The highest BCUT2D eigenvalue weighted by atomic mass is 32.2. The summed E-state index contributed by atoms with van der Waals surface area (Å²) in [6.07, 6.45) is 2.39. The van der Waals surface area contributed by atoms with Crippen molar-refractivity contribution in [1.29, 1.82) is 0 Å². The molecule has 3 rings (SSSR count). The molecule has 0 atom stereocenters. The normalized spacial score (nSPS) is 10.6. The van der Waals surface area contributed by atoms with Crippen molar-refractivity contribution >= 4 is 17.7 Å². The Morgan fingerprint density at radius 2 is 1.91 bits per heavy atom. The number of aryl methyl sites for hydroxylation is 1. The van der Waals surface area contributed by atoms with Crippen molar-refractivity contribution < 1.29 is 14.3 Å². The molecule has 2 aromatic carbocycles. The third-order valence-electron chi connectivity index (χ3n) is 4.95. The van der Waals surface area contributed by atoms with Gasteiger partial charge in [0.15, 0.2) is 16.7 Å². The van der Waals surface area contributed by atoms with Crippen LogP contribution in [0.2, 0.25) is 0 Å². The second-order valence-electron chi connectivity index (χ2n) is 7.18. The lowest BCUT2D eigenvalue weighted by Crippen LogP contribution is -2.25. The molecule has 0 aliphatic rings. The van der Waals surface area contributed by atoms with Gasteiger partial charge in [0.05, 0.1) is 7.11 Å². The van der Waals surface area contributed by atoms with Crippen LogP contribution in [0.4, 0.5) is 0 Å². The van der Waals surface area contributed by atoms with Crippen molar-refractivity contribution in [1.82, 2.24) is 15.3 Å². The highest BCUT2D eigenvalue weighted by Crippen LogP contribution is 2.28. The van der Waals surface area contributed by atoms with Gasteiger partial charge in [-0.1, -0.05) is 48.2 Å². The average molecular weight is 454 g/mol. The van der Waals surface area contributed by atoms with E-state index < -0.39 is 0 Å². The third kappa shape index (κ3) is 6.37. The van der Waals surface area contributed by atoms with E-state index in [9.17, 15) is 9.59 Å². The highest BCUT2D eigenvalue weighted by Gasteiger charge is 2.11. The van der Waals surface area contributed by atoms with E-state index in [0.29, 0.717) is 47.5 Å². The first-order valence-electron chi connectivity index (χ1n) is 10.2. The molecule has 1 heterocycles. The summed E-state index contributed by atoms with van der Waals surface area (Å²) >= 11 is 1.38. The molecule has 1 amide bonds. The van der Waals surface area contributed by atoms with Crippen molar-refractivity contribution in [3.63, 3.8) is 0 Å². The first-order valence-corrected chi connectivity index (χ1v) is 11.5. The van der Waals surface area contributed by atoms with E-state index in [4.69, 9.17) is 9.47 Å².